The van der Waals surface area contributed by atoms with Gasteiger partial charge in [-0.3, -0.25) is 0 Å². The molecular weight excluding hydrogens is 180 g/mol. The number of hydrogen-bond donors (Lipinski definition) is 0. The van der Waals surface area contributed by atoms with E-state index in [1.807, 2.05) is 0 Å². The Balaban J connectivity index is 2.61. The van der Waals surface area contributed by atoms with Gasteiger partial charge in [0.15, 0.2) is 0 Å². The van der Waals surface area contributed by atoms with Crippen LogP contribution in [0.4, 0.5) is 0 Å². The highest BCUT2D eigenvalue weighted by Crippen LogP contribution is 2.31. The molecule has 0 heteroatoms. The minimum atomic E-state index is 0.761. The highest BCUT2D eigenvalue weighted by Gasteiger charge is 2.19. The summed E-state index contributed by atoms with van der Waals surface area (Å²) in [5.41, 5.74) is 1.56. The standard InChI is InChI=1S/C15H25/c1-5-15(13(4)11-12(2)3)14-9-7-6-8-10-14/h6-7,9-10,12-13,15H,5,8,11H2,1-4H3. The van der Waals surface area contributed by atoms with Gasteiger partial charge in [-0.25, -0.2) is 0 Å². The fourth-order valence-electron chi connectivity index (χ4n) is 2.68. The third-order valence-corrected chi connectivity index (χ3v) is 3.31. The van der Waals surface area contributed by atoms with Crippen LogP contribution in [0, 0.1) is 24.2 Å². The molecule has 0 heterocycles. The van der Waals surface area contributed by atoms with Gasteiger partial charge in [0.25, 0.3) is 0 Å². The Morgan fingerprint density at radius 2 is 2.00 bits per heavy atom. The van der Waals surface area contributed by atoms with E-state index in [-0.39, 0.29) is 0 Å². The number of hydrogen-bond acceptors (Lipinski definition) is 0. The topological polar surface area (TPSA) is 0 Å². The van der Waals surface area contributed by atoms with Crippen molar-refractivity contribution in [2.75, 3.05) is 0 Å². The second-order valence-corrected chi connectivity index (χ2v) is 5.16. The van der Waals surface area contributed by atoms with Gasteiger partial charge in [0.2, 0.25) is 0 Å². The van der Waals surface area contributed by atoms with E-state index in [1.165, 1.54) is 12.8 Å². The van der Waals surface area contributed by atoms with Gasteiger partial charge < -0.3 is 0 Å². The molecule has 0 N–H and O–H groups in total. The highest BCUT2D eigenvalue weighted by molar-refractivity contribution is 5.29. The maximum Gasteiger partial charge on any atom is -0.0129 e. The number of allylic oxidation sites excluding steroid dienone is 4. The first-order chi connectivity index (χ1) is 7.15. The molecular formula is C15H25. The molecule has 0 aromatic rings. The minimum absolute atomic E-state index is 0.761. The van der Waals surface area contributed by atoms with Crippen molar-refractivity contribution >= 4 is 0 Å². The average molecular weight is 205 g/mol. The Morgan fingerprint density at radius 1 is 1.27 bits per heavy atom. The molecule has 0 amide bonds. The van der Waals surface area contributed by atoms with E-state index in [1.54, 1.807) is 5.57 Å². The Bertz CT molecular complexity index is 232. The molecule has 1 aliphatic carbocycles. The quantitative estimate of drug-likeness (QED) is 0.605. The second kappa shape index (κ2) is 6.15. The summed E-state index contributed by atoms with van der Waals surface area (Å²) >= 11 is 0. The van der Waals surface area contributed by atoms with E-state index >= 15 is 0 Å². The van der Waals surface area contributed by atoms with Crippen molar-refractivity contribution in [1.29, 1.82) is 0 Å². The van der Waals surface area contributed by atoms with Gasteiger partial charge >= 0.3 is 0 Å². The summed E-state index contributed by atoms with van der Waals surface area (Å²) in [5, 5.41) is 0. The van der Waals surface area contributed by atoms with Crippen LogP contribution in [0.15, 0.2) is 23.8 Å². The molecule has 0 bridgehead atoms. The van der Waals surface area contributed by atoms with E-state index in [0.29, 0.717) is 0 Å². The molecule has 0 aliphatic heterocycles. The first-order valence-electron chi connectivity index (χ1n) is 6.35. The zero-order valence-electron chi connectivity index (χ0n) is 10.7. The molecule has 0 fully saturated rings. The summed E-state index contributed by atoms with van der Waals surface area (Å²) in [6.45, 7) is 9.36. The van der Waals surface area contributed by atoms with Gasteiger partial charge in [-0.1, -0.05) is 45.9 Å². The molecule has 85 valence electrons. The normalized spacial score (nSPS) is 20.2. The lowest BCUT2D eigenvalue weighted by Gasteiger charge is -2.26. The van der Waals surface area contributed by atoms with Gasteiger partial charge in [0.1, 0.15) is 0 Å². The van der Waals surface area contributed by atoms with Crippen LogP contribution < -0.4 is 0 Å². The van der Waals surface area contributed by atoms with E-state index < -0.39 is 0 Å². The first-order valence-corrected chi connectivity index (χ1v) is 6.35. The van der Waals surface area contributed by atoms with Crippen molar-refractivity contribution in [1.82, 2.24) is 0 Å². The third-order valence-electron chi connectivity index (χ3n) is 3.31. The molecule has 0 nitrogen and oxygen atoms in total. The molecule has 2 atom stereocenters. The highest BCUT2D eigenvalue weighted by atomic mass is 14.2. The SMILES string of the molecule is CCC(C1=CC[CH]C=C1)C(C)CC(C)C. The van der Waals surface area contributed by atoms with Crippen molar-refractivity contribution in [2.45, 2.75) is 47.0 Å². The van der Waals surface area contributed by atoms with E-state index in [0.717, 1.165) is 24.2 Å². The largest absolute Gasteiger partial charge is 0.0804 e. The molecule has 0 saturated heterocycles. The Hall–Kier alpha value is -0.520. The molecule has 0 saturated carbocycles. The summed E-state index contributed by atoms with van der Waals surface area (Å²) in [5.74, 6) is 2.38. The minimum Gasteiger partial charge on any atom is -0.0804 e. The van der Waals surface area contributed by atoms with Crippen LogP contribution in [0.2, 0.25) is 0 Å². The monoisotopic (exact) mass is 205 g/mol. The number of rotatable bonds is 5. The Morgan fingerprint density at radius 3 is 2.47 bits per heavy atom. The summed E-state index contributed by atoms with van der Waals surface area (Å²) in [7, 11) is 0. The predicted octanol–water partition coefficient (Wildman–Crippen LogP) is 4.79. The fraction of sp³-hybridized carbons (Fsp3) is 0.667. The summed E-state index contributed by atoms with van der Waals surface area (Å²) < 4.78 is 0. The van der Waals surface area contributed by atoms with Crippen LogP contribution in [-0.2, 0) is 0 Å². The average Bonchev–Trinajstić information content (AvgIpc) is 2.19. The predicted molar refractivity (Wildman–Crippen MR) is 68.5 cm³/mol. The lowest BCUT2D eigenvalue weighted by atomic mass is 9.79. The van der Waals surface area contributed by atoms with Gasteiger partial charge in [-0.15, -0.1) is 0 Å². The maximum atomic E-state index is 2.40. The molecule has 1 radical (unpaired) electrons. The zero-order valence-corrected chi connectivity index (χ0v) is 10.7. The molecule has 1 rings (SSSR count). The van der Waals surface area contributed by atoms with Gasteiger partial charge in [-0.05, 0) is 49.0 Å². The first kappa shape index (κ1) is 12.5. The maximum absolute atomic E-state index is 2.40. The van der Waals surface area contributed by atoms with Crippen molar-refractivity contribution in [3.05, 3.63) is 30.2 Å². The van der Waals surface area contributed by atoms with E-state index in [4.69, 9.17) is 0 Å². The van der Waals surface area contributed by atoms with Crippen molar-refractivity contribution in [3.8, 4) is 0 Å². The Kier molecular flexibility index (Phi) is 5.14. The Labute approximate surface area is 95.5 Å². The zero-order chi connectivity index (χ0) is 11.3. The lowest BCUT2D eigenvalue weighted by molar-refractivity contribution is 0.335. The van der Waals surface area contributed by atoms with Crippen molar-refractivity contribution in [3.63, 3.8) is 0 Å². The molecule has 1 aliphatic rings. The van der Waals surface area contributed by atoms with E-state index in [2.05, 4.69) is 52.3 Å². The van der Waals surface area contributed by atoms with Gasteiger partial charge in [0.05, 0.1) is 0 Å². The fourth-order valence-corrected chi connectivity index (χ4v) is 2.68. The molecule has 0 aromatic heterocycles. The molecule has 15 heavy (non-hydrogen) atoms. The van der Waals surface area contributed by atoms with Crippen LogP contribution >= 0.6 is 0 Å². The van der Waals surface area contributed by atoms with Crippen LogP contribution in [0.1, 0.15) is 47.0 Å². The molecule has 0 spiro atoms. The van der Waals surface area contributed by atoms with Crippen LogP contribution in [0.5, 0.6) is 0 Å². The van der Waals surface area contributed by atoms with Crippen LogP contribution in [0.3, 0.4) is 0 Å². The third kappa shape index (κ3) is 3.85. The molecule has 0 aromatic carbocycles. The van der Waals surface area contributed by atoms with Crippen molar-refractivity contribution in [2.24, 2.45) is 17.8 Å². The van der Waals surface area contributed by atoms with E-state index in [9.17, 15) is 0 Å². The second-order valence-electron chi connectivity index (χ2n) is 5.16. The van der Waals surface area contributed by atoms with Crippen LogP contribution in [-0.4, -0.2) is 0 Å². The van der Waals surface area contributed by atoms with Gasteiger partial charge in [0, 0.05) is 0 Å². The lowest BCUT2D eigenvalue weighted by Crippen LogP contribution is -2.15. The summed E-state index contributed by atoms with van der Waals surface area (Å²) in [6, 6.07) is 0. The smallest absolute Gasteiger partial charge is 0.0129 e. The summed E-state index contributed by atoms with van der Waals surface area (Å²) in [4.78, 5) is 0. The molecule has 2 unspecified atom stereocenters. The van der Waals surface area contributed by atoms with Crippen LogP contribution in [0.25, 0.3) is 0 Å². The summed E-state index contributed by atoms with van der Waals surface area (Å²) in [6.07, 6.45) is 12.9. The van der Waals surface area contributed by atoms with Gasteiger partial charge in [-0.2, -0.15) is 0 Å². The van der Waals surface area contributed by atoms with Crippen molar-refractivity contribution < 1.29 is 0 Å².